The zero-order valence-corrected chi connectivity index (χ0v) is 16.8. The van der Waals surface area contributed by atoms with E-state index in [1.54, 1.807) is 6.07 Å². The van der Waals surface area contributed by atoms with Crippen LogP contribution < -0.4 is 0 Å². The normalized spacial score (nSPS) is 17.5. The third kappa shape index (κ3) is 5.26. The fraction of sp³-hybridized carbons (Fsp3) is 0.308. The van der Waals surface area contributed by atoms with E-state index in [-0.39, 0.29) is 12.3 Å². The van der Waals surface area contributed by atoms with Gasteiger partial charge in [-0.2, -0.15) is 0 Å². The van der Waals surface area contributed by atoms with E-state index in [0.717, 1.165) is 31.5 Å². The van der Waals surface area contributed by atoms with Gasteiger partial charge < -0.3 is 9.84 Å². The topological polar surface area (TPSA) is 32.7 Å². The fourth-order valence-electron chi connectivity index (χ4n) is 4.12. The molecule has 1 N–H and O–H groups in total. The molecule has 0 saturated carbocycles. The summed E-state index contributed by atoms with van der Waals surface area (Å²) in [7, 11) is 0. The molecule has 0 spiro atoms. The maximum Gasteiger partial charge on any atom is 0.115 e. The van der Waals surface area contributed by atoms with Crippen LogP contribution in [0.15, 0.2) is 84.9 Å². The highest BCUT2D eigenvalue weighted by atomic mass is 16.5. The molecule has 4 rings (SSSR count). The van der Waals surface area contributed by atoms with Gasteiger partial charge in [-0.1, -0.05) is 72.8 Å². The average molecular weight is 388 g/mol. The molecule has 3 aromatic carbocycles. The standard InChI is InChI=1S/C26H29NO2/c28-24-15-9-10-21(20-24)17-19-27-18-8-7-16-25(27)29-26(22-11-3-1-4-12-22)23-13-5-2-6-14-23/h1-6,9-15,20,25-26,28H,7-8,16-19H2. The van der Waals surface area contributed by atoms with Gasteiger partial charge in [0.2, 0.25) is 0 Å². The lowest BCUT2D eigenvalue weighted by molar-refractivity contribution is -0.105. The van der Waals surface area contributed by atoms with E-state index in [1.165, 1.54) is 24.0 Å². The summed E-state index contributed by atoms with van der Waals surface area (Å²) in [4.78, 5) is 2.46. The van der Waals surface area contributed by atoms with Gasteiger partial charge in [-0.25, -0.2) is 0 Å². The number of hydrogen-bond acceptors (Lipinski definition) is 3. The van der Waals surface area contributed by atoms with Crippen LogP contribution in [0.2, 0.25) is 0 Å². The second-order valence-electron chi connectivity index (χ2n) is 7.74. The molecule has 1 fully saturated rings. The second kappa shape index (κ2) is 9.73. The molecular formula is C26H29NO2. The number of ether oxygens (including phenoxy) is 1. The maximum atomic E-state index is 9.73. The third-order valence-electron chi connectivity index (χ3n) is 5.65. The predicted octanol–water partition coefficient (Wildman–Crippen LogP) is 5.55. The zero-order valence-electron chi connectivity index (χ0n) is 16.8. The van der Waals surface area contributed by atoms with Crippen LogP contribution in [-0.2, 0) is 11.2 Å². The van der Waals surface area contributed by atoms with Crippen molar-refractivity contribution in [1.82, 2.24) is 4.90 Å². The van der Waals surface area contributed by atoms with Crippen molar-refractivity contribution < 1.29 is 9.84 Å². The summed E-state index contributed by atoms with van der Waals surface area (Å²) in [5.74, 6) is 0.335. The molecule has 1 unspecified atom stereocenters. The molecular weight excluding hydrogens is 358 g/mol. The fourth-order valence-corrected chi connectivity index (χ4v) is 4.12. The number of phenols is 1. The molecule has 1 aliphatic rings. The summed E-state index contributed by atoms with van der Waals surface area (Å²) in [5.41, 5.74) is 3.55. The van der Waals surface area contributed by atoms with Crippen LogP contribution >= 0.6 is 0 Å². The Morgan fingerprint density at radius 1 is 0.862 bits per heavy atom. The smallest absolute Gasteiger partial charge is 0.115 e. The van der Waals surface area contributed by atoms with Gasteiger partial charge in [-0.05, 0) is 54.5 Å². The monoisotopic (exact) mass is 387 g/mol. The Bertz CT molecular complexity index is 842. The average Bonchev–Trinajstić information content (AvgIpc) is 2.78. The Morgan fingerprint density at radius 3 is 2.21 bits per heavy atom. The summed E-state index contributed by atoms with van der Waals surface area (Å²) < 4.78 is 6.76. The molecule has 0 aliphatic carbocycles. The van der Waals surface area contributed by atoms with E-state index in [2.05, 4.69) is 59.5 Å². The Labute approximate surface area is 173 Å². The molecule has 1 heterocycles. The third-order valence-corrected chi connectivity index (χ3v) is 5.65. The predicted molar refractivity (Wildman–Crippen MR) is 117 cm³/mol. The van der Waals surface area contributed by atoms with Gasteiger partial charge in [0, 0.05) is 13.1 Å². The first-order chi connectivity index (χ1) is 14.3. The first kappa shape index (κ1) is 19.7. The molecule has 29 heavy (non-hydrogen) atoms. The van der Waals surface area contributed by atoms with Crippen LogP contribution in [0.25, 0.3) is 0 Å². The van der Waals surface area contributed by atoms with Crippen LogP contribution in [0.4, 0.5) is 0 Å². The lowest BCUT2D eigenvalue weighted by Gasteiger charge is -2.38. The molecule has 0 aromatic heterocycles. The van der Waals surface area contributed by atoms with Crippen LogP contribution in [-0.4, -0.2) is 29.3 Å². The molecule has 3 aromatic rings. The van der Waals surface area contributed by atoms with Gasteiger partial charge in [0.15, 0.2) is 0 Å². The summed E-state index contributed by atoms with van der Waals surface area (Å²) in [6.07, 6.45) is 4.41. The number of phenolic OH excluding ortho intramolecular Hbond substituents is 1. The quantitative estimate of drug-likeness (QED) is 0.577. The molecule has 0 radical (unpaired) electrons. The van der Waals surface area contributed by atoms with Crippen molar-refractivity contribution in [2.75, 3.05) is 13.1 Å². The van der Waals surface area contributed by atoms with Crippen LogP contribution in [0.5, 0.6) is 5.75 Å². The minimum Gasteiger partial charge on any atom is -0.508 e. The number of piperidine rings is 1. The maximum absolute atomic E-state index is 9.73. The highest BCUT2D eigenvalue weighted by molar-refractivity contribution is 5.30. The van der Waals surface area contributed by atoms with Crippen LogP contribution in [0.3, 0.4) is 0 Å². The van der Waals surface area contributed by atoms with Crippen molar-refractivity contribution in [2.24, 2.45) is 0 Å². The van der Waals surface area contributed by atoms with Gasteiger partial charge in [0.05, 0.1) is 0 Å². The first-order valence-electron chi connectivity index (χ1n) is 10.6. The van der Waals surface area contributed by atoms with Crippen molar-refractivity contribution in [3.63, 3.8) is 0 Å². The van der Waals surface area contributed by atoms with E-state index in [4.69, 9.17) is 4.74 Å². The van der Waals surface area contributed by atoms with E-state index in [0.29, 0.717) is 5.75 Å². The molecule has 0 bridgehead atoms. The second-order valence-corrected chi connectivity index (χ2v) is 7.74. The Morgan fingerprint density at radius 2 is 1.55 bits per heavy atom. The Balaban J connectivity index is 1.50. The van der Waals surface area contributed by atoms with Gasteiger partial charge in [0.1, 0.15) is 18.1 Å². The van der Waals surface area contributed by atoms with Gasteiger partial charge in [-0.3, -0.25) is 4.90 Å². The summed E-state index contributed by atoms with van der Waals surface area (Å²) in [5, 5.41) is 9.73. The van der Waals surface area contributed by atoms with Crippen LogP contribution in [0.1, 0.15) is 42.1 Å². The van der Waals surface area contributed by atoms with E-state index in [1.807, 2.05) is 24.3 Å². The Hall–Kier alpha value is -2.62. The number of benzene rings is 3. The lowest BCUT2D eigenvalue weighted by atomic mass is 10.0. The highest BCUT2D eigenvalue weighted by Gasteiger charge is 2.27. The zero-order chi connectivity index (χ0) is 19.9. The molecule has 1 saturated heterocycles. The Kier molecular flexibility index (Phi) is 6.60. The molecule has 3 heteroatoms. The van der Waals surface area contributed by atoms with Crippen molar-refractivity contribution in [2.45, 2.75) is 38.0 Å². The van der Waals surface area contributed by atoms with E-state index < -0.39 is 0 Å². The molecule has 3 nitrogen and oxygen atoms in total. The van der Waals surface area contributed by atoms with E-state index in [9.17, 15) is 5.11 Å². The van der Waals surface area contributed by atoms with Crippen LogP contribution in [0, 0.1) is 0 Å². The number of likely N-dealkylation sites (tertiary alicyclic amines) is 1. The number of hydrogen-bond donors (Lipinski definition) is 1. The van der Waals surface area contributed by atoms with Crippen molar-refractivity contribution in [1.29, 1.82) is 0 Å². The van der Waals surface area contributed by atoms with Gasteiger partial charge in [-0.15, -0.1) is 0 Å². The minimum atomic E-state index is -0.0660. The number of nitrogens with zero attached hydrogens (tertiary/aromatic N) is 1. The molecule has 0 amide bonds. The summed E-state index contributed by atoms with van der Waals surface area (Å²) >= 11 is 0. The van der Waals surface area contributed by atoms with Crippen molar-refractivity contribution in [3.05, 3.63) is 102 Å². The minimum absolute atomic E-state index is 0.0660. The largest absolute Gasteiger partial charge is 0.508 e. The lowest BCUT2D eigenvalue weighted by Crippen LogP contribution is -2.43. The molecule has 1 aliphatic heterocycles. The van der Waals surface area contributed by atoms with Crippen molar-refractivity contribution >= 4 is 0 Å². The summed E-state index contributed by atoms with van der Waals surface area (Å²) in [6.45, 7) is 1.99. The van der Waals surface area contributed by atoms with Crippen molar-refractivity contribution in [3.8, 4) is 5.75 Å². The number of rotatable bonds is 7. The van der Waals surface area contributed by atoms with E-state index >= 15 is 0 Å². The van der Waals surface area contributed by atoms with Gasteiger partial charge in [0.25, 0.3) is 0 Å². The molecule has 1 atom stereocenters. The number of aromatic hydroxyl groups is 1. The first-order valence-corrected chi connectivity index (χ1v) is 10.6. The highest BCUT2D eigenvalue weighted by Crippen LogP contribution is 2.31. The van der Waals surface area contributed by atoms with Gasteiger partial charge >= 0.3 is 0 Å². The summed E-state index contributed by atoms with van der Waals surface area (Å²) in [6, 6.07) is 28.6. The SMILES string of the molecule is Oc1cccc(CCN2CCCCC2OC(c2ccccc2)c2ccccc2)c1. The molecule has 150 valence electrons.